The van der Waals surface area contributed by atoms with Crippen LogP contribution in [0.1, 0.15) is 6.92 Å². The summed E-state index contributed by atoms with van der Waals surface area (Å²) in [5.41, 5.74) is 0. The average Bonchev–Trinajstić information content (AvgIpc) is 2.05. The summed E-state index contributed by atoms with van der Waals surface area (Å²) in [5, 5.41) is -0.521. The summed E-state index contributed by atoms with van der Waals surface area (Å²) in [5.74, 6) is -0.277. The lowest BCUT2D eigenvalue weighted by molar-refractivity contribution is -0.138. The molecule has 2 saturated heterocycles. The molecule has 2 aliphatic heterocycles. The van der Waals surface area contributed by atoms with E-state index >= 15 is 0 Å². The van der Waals surface area contributed by atoms with Gasteiger partial charge in [0, 0.05) is 0 Å². The van der Waals surface area contributed by atoms with Crippen molar-refractivity contribution in [2.24, 2.45) is 0 Å². The Morgan fingerprint density at radius 2 is 2.50 bits per heavy atom. The van der Waals surface area contributed by atoms with Crippen molar-refractivity contribution < 1.29 is 13.9 Å². The Bertz CT molecular complexity index is 221. The van der Waals surface area contributed by atoms with Crippen molar-refractivity contribution in [1.82, 2.24) is 0 Å². The molecule has 0 aromatic heterocycles. The van der Waals surface area contributed by atoms with Crippen LogP contribution >= 0.6 is 7.37 Å². The molecule has 2 unspecified atom stereocenters. The number of hydrogen-bond donors (Lipinski definition) is 0. The molecule has 0 amide bonds. The van der Waals surface area contributed by atoms with Crippen LogP contribution in [0.15, 0.2) is 0 Å². The van der Waals surface area contributed by atoms with E-state index in [9.17, 15) is 9.36 Å². The summed E-state index contributed by atoms with van der Waals surface area (Å²) in [4.78, 5) is 10.4. The fourth-order valence-electron chi connectivity index (χ4n) is 0.900. The Balaban J connectivity index is 2.48. The van der Waals surface area contributed by atoms with Gasteiger partial charge in [-0.2, -0.15) is 0 Å². The molecule has 2 aliphatic rings. The number of rotatable bonds is 0. The van der Waals surface area contributed by atoms with E-state index in [-0.39, 0.29) is 5.97 Å². The number of carbonyl (C=O) groups excluding carboxylic acids is 1. The van der Waals surface area contributed by atoms with Crippen molar-refractivity contribution in [3.63, 3.8) is 0 Å². The first kappa shape index (κ1) is 4.57. The molecule has 0 saturated carbocycles. The van der Waals surface area contributed by atoms with Crippen molar-refractivity contribution in [3.05, 3.63) is 0 Å². The molecule has 2 fully saturated rings. The van der Waals surface area contributed by atoms with Crippen LogP contribution in [0.25, 0.3) is 0 Å². The van der Waals surface area contributed by atoms with Crippen LogP contribution in [0.4, 0.5) is 0 Å². The molecule has 8 heavy (non-hydrogen) atoms. The first-order chi connectivity index (χ1) is 3.58. The van der Waals surface area contributed by atoms with Crippen LogP contribution in [0.3, 0.4) is 0 Å². The first-order valence-corrected chi connectivity index (χ1v) is 4.23. The van der Waals surface area contributed by atoms with Gasteiger partial charge in [0.2, 0.25) is 0 Å². The second kappa shape index (κ2) is 0.781. The highest BCUT2D eigenvalue weighted by molar-refractivity contribution is 7.73. The fraction of sp³-hybridized carbons (Fsp3) is 0.750. The molecule has 2 atom stereocenters. The van der Waals surface area contributed by atoms with E-state index in [1.54, 1.807) is 6.92 Å². The molecular weight excluding hydrogens is 127 g/mol. The highest BCUT2D eigenvalue weighted by Gasteiger charge is 2.80. The van der Waals surface area contributed by atoms with Crippen LogP contribution < -0.4 is 0 Å². The Labute approximate surface area is 46.5 Å². The molecule has 0 aromatic carbocycles. The molecule has 3 nitrogen and oxygen atoms in total. The van der Waals surface area contributed by atoms with Gasteiger partial charge in [-0.15, -0.1) is 0 Å². The molecule has 0 bridgehead atoms. The van der Waals surface area contributed by atoms with E-state index in [1.165, 1.54) is 0 Å². The van der Waals surface area contributed by atoms with Crippen LogP contribution in [0, 0.1) is 0 Å². The molecule has 44 valence electrons. The van der Waals surface area contributed by atoms with Crippen LogP contribution in [-0.2, 0) is 13.9 Å². The van der Waals surface area contributed by atoms with E-state index in [1.807, 2.05) is 0 Å². The van der Waals surface area contributed by atoms with Gasteiger partial charge in [-0.1, -0.05) is 0 Å². The lowest BCUT2D eigenvalue weighted by Gasteiger charge is -2.17. The maximum absolute atomic E-state index is 10.8. The second-order valence-corrected chi connectivity index (χ2v) is 5.32. The smallest absolute Gasteiger partial charge is 0.328 e. The predicted molar refractivity (Wildman–Crippen MR) is 27.0 cm³/mol. The summed E-state index contributed by atoms with van der Waals surface area (Å²) in [6.45, 7) is 1.69. The van der Waals surface area contributed by atoms with E-state index < -0.39 is 12.5 Å². The summed E-state index contributed by atoms with van der Waals surface area (Å²) in [6.07, 6.45) is 0.485. The zero-order chi connectivity index (χ0) is 5.99. The molecule has 4 heteroatoms. The third kappa shape index (κ3) is 0.224. The largest absolute Gasteiger partial charge is 0.410 e. The molecule has 0 aliphatic carbocycles. The van der Waals surface area contributed by atoms with Crippen molar-refractivity contribution in [2.75, 3.05) is 6.16 Å². The van der Waals surface area contributed by atoms with Gasteiger partial charge in [-0.3, -0.25) is 9.36 Å². The number of fused-ring (bicyclic) bond motifs is 1. The maximum Gasteiger partial charge on any atom is 0.328 e. The monoisotopic (exact) mass is 132 g/mol. The predicted octanol–water partition coefficient (Wildman–Crippen LogP) is 0.594. The van der Waals surface area contributed by atoms with Gasteiger partial charge in [-0.25, -0.2) is 0 Å². The highest BCUT2D eigenvalue weighted by atomic mass is 31.2. The van der Waals surface area contributed by atoms with Crippen molar-refractivity contribution >= 4 is 13.3 Å². The summed E-state index contributed by atoms with van der Waals surface area (Å²) < 4.78 is 15.3. The lowest BCUT2D eigenvalue weighted by Crippen LogP contribution is -2.27. The minimum atomic E-state index is -2.32. The third-order valence-electron chi connectivity index (χ3n) is 1.83. The van der Waals surface area contributed by atoms with Crippen LogP contribution in [-0.4, -0.2) is 17.3 Å². The molecule has 0 aromatic rings. The molecule has 2 rings (SSSR count). The van der Waals surface area contributed by atoms with Crippen molar-refractivity contribution in [3.8, 4) is 0 Å². The highest BCUT2D eigenvalue weighted by Crippen LogP contribution is 2.84. The molecule has 0 N–H and O–H groups in total. The summed E-state index contributed by atoms with van der Waals surface area (Å²) in [6, 6.07) is 0. The first-order valence-electron chi connectivity index (χ1n) is 2.42. The van der Waals surface area contributed by atoms with E-state index in [0.717, 1.165) is 0 Å². The van der Waals surface area contributed by atoms with Crippen LogP contribution in [0.2, 0.25) is 0 Å². The Kier molecular flexibility index (Phi) is 0.446. The normalized spacial score (nSPS) is 58.4. The zero-order valence-electron chi connectivity index (χ0n) is 4.38. The third-order valence-corrected chi connectivity index (χ3v) is 4.81. The SMILES string of the molecule is CC12CP1(=O)OC2=O. The molecule has 2 heterocycles. The second-order valence-electron chi connectivity index (χ2n) is 2.48. The van der Waals surface area contributed by atoms with E-state index in [2.05, 4.69) is 4.52 Å². The molecule has 0 spiro atoms. The quantitative estimate of drug-likeness (QED) is 0.453. The minimum absolute atomic E-state index is 0.277. The van der Waals surface area contributed by atoms with Gasteiger partial charge >= 0.3 is 5.97 Å². The Hall–Kier alpha value is -0.300. The van der Waals surface area contributed by atoms with Gasteiger partial charge in [0.05, 0.1) is 6.16 Å². The van der Waals surface area contributed by atoms with Gasteiger partial charge in [-0.05, 0) is 6.92 Å². The Morgan fingerprint density at radius 1 is 1.88 bits per heavy atom. The molecular formula is C4H5O3P. The lowest BCUT2D eigenvalue weighted by atomic mass is 10.2. The molecule has 0 radical (unpaired) electrons. The van der Waals surface area contributed by atoms with Gasteiger partial charge < -0.3 is 4.52 Å². The van der Waals surface area contributed by atoms with Gasteiger partial charge in [0.15, 0.2) is 5.16 Å². The van der Waals surface area contributed by atoms with Gasteiger partial charge in [0.25, 0.3) is 7.37 Å². The Morgan fingerprint density at radius 3 is 2.50 bits per heavy atom. The minimum Gasteiger partial charge on any atom is -0.410 e. The fourth-order valence-corrected chi connectivity index (χ4v) is 3.05. The number of carbonyl (C=O) groups is 1. The summed E-state index contributed by atoms with van der Waals surface area (Å²) >= 11 is 0. The van der Waals surface area contributed by atoms with Crippen LogP contribution in [0.5, 0.6) is 0 Å². The standard InChI is InChI=1S/C4H5O3P/c1-4-2-8(4,6)7-3(4)5/h2H2,1H3. The summed E-state index contributed by atoms with van der Waals surface area (Å²) in [7, 11) is -2.32. The van der Waals surface area contributed by atoms with Crippen molar-refractivity contribution in [2.45, 2.75) is 12.1 Å². The van der Waals surface area contributed by atoms with E-state index in [0.29, 0.717) is 6.16 Å². The van der Waals surface area contributed by atoms with Crippen molar-refractivity contribution in [1.29, 1.82) is 0 Å². The topological polar surface area (TPSA) is 43.4 Å². The number of hydrogen-bond acceptors (Lipinski definition) is 3. The van der Waals surface area contributed by atoms with Gasteiger partial charge in [0.1, 0.15) is 0 Å². The zero-order valence-corrected chi connectivity index (χ0v) is 5.27. The van der Waals surface area contributed by atoms with E-state index in [4.69, 9.17) is 0 Å². The maximum atomic E-state index is 10.8. The average molecular weight is 132 g/mol.